The molecular weight excluding hydrogens is 236 g/mol. The van der Waals surface area contributed by atoms with Crippen LogP contribution in [0.25, 0.3) is 27.3 Å². The summed E-state index contributed by atoms with van der Waals surface area (Å²) in [6.45, 7) is 0. The first kappa shape index (κ1) is 10.1. The lowest BCUT2D eigenvalue weighted by Gasteiger charge is -2.02. The van der Waals surface area contributed by atoms with Crippen molar-refractivity contribution in [1.29, 1.82) is 0 Å². The molecule has 0 fully saturated rings. The summed E-state index contributed by atoms with van der Waals surface area (Å²) in [6, 6.07) is 17.4. The standard InChI is InChI=1S/C17H12S/c1-2-5-12(6-3-1)13-9-10-17-15(11-13)14-7-4-8-16(14)18-17/h1-6,8-11H,7H2. The van der Waals surface area contributed by atoms with Gasteiger partial charge >= 0.3 is 0 Å². The van der Waals surface area contributed by atoms with E-state index in [0.29, 0.717) is 0 Å². The zero-order valence-corrected chi connectivity index (χ0v) is 10.7. The molecule has 0 amide bonds. The van der Waals surface area contributed by atoms with Gasteiger partial charge < -0.3 is 0 Å². The number of benzene rings is 2. The maximum Gasteiger partial charge on any atom is 0.0352 e. The van der Waals surface area contributed by atoms with E-state index < -0.39 is 0 Å². The summed E-state index contributed by atoms with van der Waals surface area (Å²) in [5, 5.41) is 1.43. The van der Waals surface area contributed by atoms with Crippen LogP contribution in [0.15, 0.2) is 54.6 Å². The maximum absolute atomic E-state index is 2.34. The molecule has 1 aliphatic rings. The molecule has 0 spiro atoms. The van der Waals surface area contributed by atoms with Gasteiger partial charge in [-0.25, -0.2) is 0 Å². The Kier molecular flexibility index (Phi) is 2.14. The van der Waals surface area contributed by atoms with Crippen LogP contribution < -0.4 is 0 Å². The number of rotatable bonds is 1. The van der Waals surface area contributed by atoms with Crippen LogP contribution in [-0.2, 0) is 6.42 Å². The Hall–Kier alpha value is -1.86. The predicted molar refractivity (Wildman–Crippen MR) is 80.0 cm³/mol. The lowest BCUT2D eigenvalue weighted by Crippen LogP contribution is -1.79. The molecule has 4 rings (SSSR count). The van der Waals surface area contributed by atoms with E-state index in [1.54, 1.807) is 0 Å². The van der Waals surface area contributed by atoms with Crippen molar-refractivity contribution >= 4 is 27.5 Å². The fraction of sp³-hybridized carbons (Fsp3) is 0.0588. The Bertz CT molecular complexity index is 748. The van der Waals surface area contributed by atoms with Crippen molar-refractivity contribution in [3.05, 3.63) is 65.0 Å². The molecule has 1 aliphatic carbocycles. The average molecular weight is 248 g/mol. The summed E-state index contributed by atoms with van der Waals surface area (Å²) in [5.74, 6) is 0. The minimum Gasteiger partial charge on any atom is -0.136 e. The summed E-state index contributed by atoms with van der Waals surface area (Å²) in [5.41, 5.74) is 4.12. The zero-order valence-electron chi connectivity index (χ0n) is 9.89. The lowest BCUT2D eigenvalue weighted by molar-refractivity contribution is 1.37. The van der Waals surface area contributed by atoms with Crippen LogP contribution in [0.5, 0.6) is 0 Å². The van der Waals surface area contributed by atoms with Crippen molar-refractivity contribution in [2.75, 3.05) is 0 Å². The highest BCUT2D eigenvalue weighted by Crippen LogP contribution is 2.38. The van der Waals surface area contributed by atoms with Gasteiger partial charge in [0.2, 0.25) is 0 Å². The molecule has 1 aromatic heterocycles. The van der Waals surface area contributed by atoms with E-state index in [1.165, 1.54) is 31.7 Å². The van der Waals surface area contributed by atoms with E-state index in [2.05, 4.69) is 60.7 Å². The molecule has 0 aliphatic heterocycles. The van der Waals surface area contributed by atoms with Gasteiger partial charge in [0.05, 0.1) is 0 Å². The summed E-state index contributed by atoms with van der Waals surface area (Å²) >= 11 is 1.90. The third-order valence-electron chi connectivity index (χ3n) is 3.52. The Balaban J connectivity index is 1.95. The Morgan fingerprint density at radius 1 is 0.889 bits per heavy atom. The molecule has 3 aromatic rings. The first-order valence-corrected chi connectivity index (χ1v) is 7.01. The Labute approximate surface area is 110 Å². The van der Waals surface area contributed by atoms with E-state index >= 15 is 0 Å². The Morgan fingerprint density at radius 3 is 2.67 bits per heavy atom. The van der Waals surface area contributed by atoms with Crippen molar-refractivity contribution in [3.8, 4) is 11.1 Å². The van der Waals surface area contributed by atoms with E-state index in [9.17, 15) is 0 Å². The molecule has 18 heavy (non-hydrogen) atoms. The summed E-state index contributed by atoms with van der Waals surface area (Å²) in [7, 11) is 0. The van der Waals surface area contributed by atoms with Gasteiger partial charge in [-0.3, -0.25) is 0 Å². The largest absolute Gasteiger partial charge is 0.136 e. The van der Waals surface area contributed by atoms with Crippen LogP contribution >= 0.6 is 11.3 Å². The second-order valence-corrected chi connectivity index (χ2v) is 5.71. The number of fused-ring (bicyclic) bond motifs is 3. The predicted octanol–water partition coefficient (Wildman–Crippen LogP) is 5.14. The van der Waals surface area contributed by atoms with Gasteiger partial charge in [0.25, 0.3) is 0 Å². The van der Waals surface area contributed by atoms with Crippen LogP contribution in [0.4, 0.5) is 0 Å². The molecule has 0 nitrogen and oxygen atoms in total. The molecule has 2 aromatic carbocycles. The second kappa shape index (κ2) is 3.82. The third kappa shape index (κ3) is 1.44. The third-order valence-corrected chi connectivity index (χ3v) is 4.70. The van der Waals surface area contributed by atoms with Crippen LogP contribution in [-0.4, -0.2) is 0 Å². The summed E-state index contributed by atoms with van der Waals surface area (Å²) in [4.78, 5) is 1.44. The van der Waals surface area contributed by atoms with E-state index in [4.69, 9.17) is 0 Å². The molecule has 1 heterocycles. The van der Waals surface area contributed by atoms with Gasteiger partial charge in [0.1, 0.15) is 0 Å². The molecule has 0 N–H and O–H groups in total. The van der Waals surface area contributed by atoms with Crippen molar-refractivity contribution in [3.63, 3.8) is 0 Å². The highest BCUT2D eigenvalue weighted by atomic mass is 32.1. The van der Waals surface area contributed by atoms with E-state index in [1.807, 2.05) is 11.3 Å². The normalized spacial score (nSPS) is 13.1. The molecule has 0 unspecified atom stereocenters. The van der Waals surface area contributed by atoms with Gasteiger partial charge in [-0.05, 0) is 46.7 Å². The summed E-state index contributed by atoms with van der Waals surface area (Å²) in [6.07, 6.45) is 5.60. The number of thiophene rings is 1. The number of hydrogen-bond donors (Lipinski definition) is 0. The Morgan fingerprint density at radius 2 is 1.78 bits per heavy atom. The van der Waals surface area contributed by atoms with Gasteiger partial charge in [0, 0.05) is 9.58 Å². The second-order valence-electron chi connectivity index (χ2n) is 4.63. The van der Waals surface area contributed by atoms with Crippen molar-refractivity contribution in [2.24, 2.45) is 0 Å². The fourth-order valence-corrected chi connectivity index (χ4v) is 3.75. The van der Waals surface area contributed by atoms with E-state index in [-0.39, 0.29) is 0 Å². The monoisotopic (exact) mass is 248 g/mol. The summed E-state index contributed by atoms with van der Waals surface area (Å²) < 4.78 is 1.41. The van der Waals surface area contributed by atoms with Gasteiger partial charge in [-0.1, -0.05) is 42.5 Å². The zero-order chi connectivity index (χ0) is 11.9. The quantitative estimate of drug-likeness (QED) is 0.559. The maximum atomic E-state index is 2.34. The van der Waals surface area contributed by atoms with Crippen molar-refractivity contribution in [2.45, 2.75) is 6.42 Å². The van der Waals surface area contributed by atoms with Gasteiger partial charge in [0.15, 0.2) is 0 Å². The SMILES string of the molecule is C1=Cc2sc3ccc(-c4ccccc4)cc3c2C1. The van der Waals surface area contributed by atoms with Gasteiger partial charge in [-0.15, -0.1) is 11.3 Å². The fourth-order valence-electron chi connectivity index (χ4n) is 2.61. The van der Waals surface area contributed by atoms with Crippen LogP contribution in [0.2, 0.25) is 0 Å². The molecule has 1 heteroatoms. The van der Waals surface area contributed by atoms with Crippen LogP contribution in [0.1, 0.15) is 10.4 Å². The molecule has 0 bridgehead atoms. The topological polar surface area (TPSA) is 0 Å². The smallest absolute Gasteiger partial charge is 0.0352 e. The molecular formula is C17H12S. The highest BCUT2D eigenvalue weighted by Gasteiger charge is 2.13. The highest BCUT2D eigenvalue weighted by molar-refractivity contribution is 7.20. The van der Waals surface area contributed by atoms with Crippen LogP contribution in [0, 0.1) is 0 Å². The molecule has 86 valence electrons. The molecule has 0 radical (unpaired) electrons. The van der Waals surface area contributed by atoms with Crippen molar-refractivity contribution < 1.29 is 0 Å². The number of hydrogen-bond acceptors (Lipinski definition) is 1. The molecule has 0 atom stereocenters. The molecule has 0 saturated heterocycles. The minimum atomic E-state index is 1.09. The first-order valence-electron chi connectivity index (χ1n) is 6.19. The number of allylic oxidation sites excluding steroid dienone is 1. The molecule has 0 saturated carbocycles. The lowest BCUT2D eigenvalue weighted by atomic mass is 10.0. The van der Waals surface area contributed by atoms with Crippen molar-refractivity contribution in [1.82, 2.24) is 0 Å². The van der Waals surface area contributed by atoms with Crippen LogP contribution in [0.3, 0.4) is 0 Å². The van der Waals surface area contributed by atoms with Gasteiger partial charge in [-0.2, -0.15) is 0 Å². The minimum absolute atomic E-state index is 1.09. The van der Waals surface area contributed by atoms with E-state index in [0.717, 1.165) is 6.42 Å². The first-order chi connectivity index (χ1) is 8.92. The average Bonchev–Trinajstić information content (AvgIpc) is 2.99.